The Morgan fingerprint density at radius 1 is 1.08 bits per heavy atom. The minimum atomic E-state index is 0. The van der Waals surface area contributed by atoms with E-state index in [-0.39, 0.29) is 0 Å². The second-order valence-corrected chi connectivity index (χ2v) is 7.54. The number of nitrogens with zero attached hydrogens (tertiary/aromatic N) is 3. The van der Waals surface area contributed by atoms with Crippen molar-refractivity contribution < 1.29 is 4.79 Å². The minimum absolute atomic E-state index is 0. The maximum absolute atomic E-state index is 10.3. The molecular weight excluding hydrogens is 631 g/mol. The summed E-state index contributed by atoms with van der Waals surface area (Å²) in [5.41, 5.74) is 2.31. The fraction of sp³-hybridized carbons (Fsp3) is 0. The molecule has 136 valence electrons. The first-order valence-electron chi connectivity index (χ1n) is 6.95. The Morgan fingerprint density at radius 3 is 2.42 bits per heavy atom. The molecule has 3 rings (SSSR count). The van der Waals surface area contributed by atoms with Crippen LogP contribution in [0.1, 0.15) is 0 Å². The number of nitrogens with one attached hydrogen (secondary N) is 2. The van der Waals surface area contributed by atoms with Crippen LogP contribution in [0.3, 0.4) is 0 Å². The van der Waals surface area contributed by atoms with Gasteiger partial charge in [0.15, 0.2) is 5.13 Å². The van der Waals surface area contributed by atoms with E-state index in [1.807, 2.05) is 29.7 Å². The van der Waals surface area contributed by atoms with Gasteiger partial charge in [-0.1, -0.05) is 12.1 Å². The van der Waals surface area contributed by atoms with E-state index >= 15 is 0 Å². The van der Waals surface area contributed by atoms with E-state index in [9.17, 15) is 4.79 Å². The number of hydrogen-bond acceptors (Lipinski definition) is 8. The molecule has 0 radical (unpaired) electrons. The van der Waals surface area contributed by atoms with Gasteiger partial charge in [-0.05, 0) is 56.7 Å². The molecule has 0 spiro atoms. The first kappa shape index (κ1) is 18.7. The molecule has 2 aromatic carbocycles. The molecule has 1 heterocycles. The molecule has 6 nitrogen and oxygen atoms in total. The van der Waals surface area contributed by atoms with E-state index < -0.39 is 0 Å². The smallest absolute Gasteiger partial charge is 0.222 e. The summed E-state index contributed by atoms with van der Waals surface area (Å²) in [6.45, 7) is 0. The fourth-order valence-corrected chi connectivity index (χ4v) is 3.93. The van der Waals surface area contributed by atoms with Crippen molar-refractivity contribution in [2.24, 2.45) is 4.99 Å². The van der Waals surface area contributed by atoms with Crippen molar-refractivity contribution in [3.63, 3.8) is 0 Å². The molecular formula is C16H10FmN5OS3-. The Kier molecular flexibility index (Phi) is 6.45. The van der Waals surface area contributed by atoms with Crippen LogP contribution in [0.2, 0.25) is 0 Å². The number of nitriles is 1. The van der Waals surface area contributed by atoms with E-state index in [0.29, 0.717) is 10.5 Å². The van der Waals surface area contributed by atoms with Gasteiger partial charge in [0, 0.05) is 10.6 Å². The Balaban J connectivity index is 0.00000243. The van der Waals surface area contributed by atoms with Gasteiger partial charge >= 0.3 is 0 Å². The number of carbonyl (C=O) groups excluding carboxylic acids is 1. The molecule has 0 unspecified atom stereocenters. The van der Waals surface area contributed by atoms with Gasteiger partial charge in [-0.2, -0.15) is 10.2 Å². The zero-order chi connectivity index (χ0) is 17.5. The Bertz CT molecular complexity index is 961. The summed E-state index contributed by atoms with van der Waals surface area (Å²) in [6, 6.07) is 14.7. The van der Waals surface area contributed by atoms with Crippen LogP contribution in [0.4, 0.5) is 22.2 Å². The molecule has 26 heavy (non-hydrogen) atoms. The number of hydrogen-bond donors (Lipinski definition) is 2. The van der Waals surface area contributed by atoms with Crippen LogP contribution in [-0.2, 0) is 4.79 Å². The van der Waals surface area contributed by atoms with E-state index in [2.05, 4.69) is 20.6 Å². The van der Waals surface area contributed by atoms with Crippen LogP contribution in [0.5, 0.6) is 0 Å². The van der Waals surface area contributed by atoms with Gasteiger partial charge in [-0.3, -0.25) is 0 Å². The average molecular weight is 641 g/mol. The average Bonchev–Trinajstić information content (AvgIpc) is 3.06. The molecule has 2 N–H and O–H groups in total. The summed E-state index contributed by atoms with van der Waals surface area (Å²) in [5, 5.41) is 17.1. The van der Waals surface area contributed by atoms with Gasteiger partial charge in [0.25, 0.3) is 0 Å². The fourth-order valence-electron chi connectivity index (χ4n) is 1.86. The molecule has 10 heteroatoms. The third kappa shape index (κ3) is 4.91. The van der Waals surface area contributed by atoms with Crippen molar-refractivity contribution in [3.8, 4) is 5.40 Å². The zero-order valence-electron chi connectivity index (χ0n) is 12.9. The van der Waals surface area contributed by atoms with Crippen LogP contribution in [0, 0.1) is 10.7 Å². The van der Waals surface area contributed by atoms with Crippen LogP contribution in [0.25, 0.3) is 0 Å². The van der Waals surface area contributed by atoms with Crippen molar-refractivity contribution in [2.75, 3.05) is 10.6 Å². The van der Waals surface area contributed by atoms with E-state index in [1.54, 1.807) is 30.7 Å². The largest absolute Gasteiger partial charge is 0.490 e. The molecule has 0 aliphatic heterocycles. The predicted molar refractivity (Wildman–Crippen MR) is 102 cm³/mol. The van der Waals surface area contributed by atoms with Crippen LogP contribution in [0.15, 0.2) is 58.4 Å². The van der Waals surface area contributed by atoms with Gasteiger partial charge in [0.05, 0.1) is 12.1 Å². The number of benzene rings is 2. The second-order valence-electron chi connectivity index (χ2n) is 4.59. The molecule has 0 atom stereocenters. The Morgan fingerprint density at radius 2 is 1.77 bits per heavy atom. The van der Waals surface area contributed by atoms with Crippen molar-refractivity contribution in [3.05, 3.63) is 53.3 Å². The van der Waals surface area contributed by atoms with Gasteiger partial charge < -0.3 is 15.4 Å². The zero-order valence-corrected chi connectivity index (χ0v) is 17.7. The molecule has 0 saturated heterocycles. The van der Waals surface area contributed by atoms with Gasteiger partial charge in [0.2, 0.25) is 4.80 Å². The maximum Gasteiger partial charge on any atom is 0.222 e. The third-order valence-electron chi connectivity index (χ3n) is 2.95. The van der Waals surface area contributed by atoms with Gasteiger partial charge in [-0.15, -0.1) is 17.8 Å². The molecule has 0 aliphatic carbocycles. The summed E-state index contributed by atoms with van der Waals surface area (Å²) in [5.74, 6) is 0. The van der Waals surface area contributed by atoms with E-state index in [1.165, 1.54) is 20.7 Å². The van der Waals surface area contributed by atoms with Crippen LogP contribution >= 0.6 is 32.4 Å². The second kappa shape index (κ2) is 8.98. The van der Waals surface area contributed by atoms with Crippen molar-refractivity contribution >= 4 is 61.0 Å². The number of rotatable bonds is 6. The first-order chi connectivity index (χ1) is 12.3. The van der Waals surface area contributed by atoms with Gasteiger partial charge in [0.1, 0.15) is 5.40 Å². The van der Waals surface area contributed by atoms with Crippen LogP contribution in [-0.4, -0.2) is 11.4 Å². The third-order valence-corrected chi connectivity index (χ3v) is 5.48. The summed E-state index contributed by atoms with van der Waals surface area (Å²) in [4.78, 5) is 20.7. The van der Waals surface area contributed by atoms with E-state index in [4.69, 9.17) is 5.26 Å². The molecule has 3 aromatic rings. The Hall–Kier alpha value is -3.67. The molecule has 0 saturated carbocycles. The monoisotopic (exact) mass is 641 g/mol. The number of anilines is 3. The number of thiocyanates is 1. The van der Waals surface area contributed by atoms with Crippen molar-refractivity contribution in [2.45, 2.75) is 4.90 Å². The summed E-state index contributed by atoms with van der Waals surface area (Å²) >= 11 is 1.13. The molecule has 0 fully saturated rings. The molecule has 0 aliphatic rings. The Labute approximate surface area is 155 Å². The van der Waals surface area contributed by atoms with Crippen molar-refractivity contribution in [1.82, 2.24) is 4.98 Å². The SMILES string of the molecule is N#CSc1ccc(Nc2nc(=Nc3ccc(N[C-]=O)cc3)ss2)cc1.[Fm]. The number of amides is 1. The summed E-state index contributed by atoms with van der Waals surface area (Å²) in [6.07, 6.45) is 1.63. The quantitative estimate of drug-likeness (QED) is 0.138. The maximum atomic E-state index is 10.3. The molecule has 1 amide bonds. The normalized spacial score (nSPS) is 10.5. The van der Waals surface area contributed by atoms with Crippen molar-refractivity contribution in [1.29, 1.82) is 5.26 Å². The van der Waals surface area contributed by atoms with Crippen LogP contribution < -0.4 is 15.4 Å². The topological polar surface area (TPSA) is 90.2 Å². The predicted octanol–water partition coefficient (Wildman–Crippen LogP) is 4.23. The first-order valence-corrected chi connectivity index (χ1v) is 9.91. The number of thioether (sulfide) groups is 1. The van der Waals surface area contributed by atoms with E-state index in [0.717, 1.165) is 33.2 Å². The minimum Gasteiger partial charge on any atom is -0.490 e. The summed E-state index contributed by atoms with van der Waals surface area (Å²) < 4.78 is 0. The van der Waals surface area contributed by atoms with Gasteiger partial charge in [-0.25, -0.2) is 4.99 Å². The molecule has 0 bridgehead atoms. The summed E-state index contributed by atoms with van der Waals surface area (Å²) in [7, 11) is 2.96. The standard InChI is InChI=1S/C16H10N5OS3.Fm/c17-9-23-14-7-5-13(6-8-14)20-16-21-15(24-25-16)19-12-3-1-11(2-4-12)18-10-22;/h1-8H,(H,18,22)(H,19,20,21);/q-1;. The molecule has 1 aromatic heterocycles. The number of aromatic nitrogens is 1.